The Balaban J connectivity index is 3.21. The molecule has 104 valence electrons. The predicted octanol–water partition coefficient (Wildman–Crippen LogP) is 6.60. The molecule has 0 aromatic rings. The molecule has 0 rings (SSSR count). The Kier molecular flexibility index (Phi) is 15.5. The van der Waals surface area contributed by atoms with Gasteiger partial charge in [0.1, 0.15) is 0 Å². The van der Waals surface area contributed by atoms with Crippen molar-refractivity contribution in [1.29, 1.82) is 0 Å². The zero-order valence-electron chi connectivity index (χ0n) is 12.5. The highest BCUT2D eigenvalue weighted by molar-refractivity contribution is 5.02. The maximum atomic E-state index is 2.31. The topological polar surface area (TPSA) is 0 Å². The standard InChI is InChI=1S/C18H32/c1-3-5-7-9-11-13-15-17-18-16-14-12-10-8-6-4-2/h5,7,14,16-18H,3-4,6,8-13,15H2,1-2H3/b7-5+,16-14?,18-17?. The van der Waals surface area contributed by atoms with E-state index in [-0.39, 0.29) is 0 Å². The second-order valence-corrected chi connectivity index (χ2v) is 4.87. The van der Waals surface area contributed by atoms with Gasteiger partial charge in [-0.05, 0) is 44.9 Å². The molecule has 0 aromatic carbocycles. The van der Waals surface area contributed by atoms with Gasteiger partial charge in [0.25, 0.3) is 0 Å². The summed E-state index contributed by atoms with van der Waals surface area (Å²) >= 11 is 0. The summed E-state index contributed by atoms with van der Waals surface area (Å²) in [6.07, 6.45) is 26.6. The van der Waals surface area contributed by atoms with Gasteiger partial charge >= 0.3 is 0 Å². The minimum absolute atomic E-state index is 1.17. The van der Waals surface area contributed by atoms with Crippen molar-refractivity contribution in [2.24, 2.45) is 0 Å². The number of unbranched alkanes of at least 4 members (excludes halogenated alkanes) is 7. The minimum atomic E-state index is 1.17. The van der Waals surface area contributed by atoms with Gasteiger partial charge in [0, 0.05) is 0 Å². The van der Waals surface area contributed by atoms with Crippen LogP contribution in [0.3, 0.4) is 0 Å². The molecule has 0 saturated carbocycles. The van der Waals surface area contributed by atoms with Crippen molar-refractivity contribution in [2.75, 3.05) is 0 Å². The van der Waals surface area contributed by atoms with Gasteiger partial charge < -0.3 is 0 Å². The third-order valence-electron chi connectivity index (χ3n) is 3.00. The van der Waals surface area contributed by atoms with Crippen molar-refractivity contribution < 1.29 is 0 Å². The van der Waals surface area contributed by atoms with Crippen LogP contribution >= 0.6 is 0 Å². The van der Waals surface area contributed by atoms with Gasteiger partial charge in [0.15, 0.2) is 0 Å². The first kappa shape index (κ1) is 17.2. The largest absolute Gasteiger partial charge is 0.0888 e. The van der Waals surface area contributed by atoms with Crippen molar-refractivity contribution in [2.45, 2.75) is 78.1 Å². The van der Waals surface area contributed by atoms with Gasteiger partial charge in [-0.15, -0.1) is 0 Å². The van der Waals surface area contributed by atoms with Gasteiger partial charge in [-0.2, -0.15) is 0 Å². The fraction of sp³-hybridized carbons (Fsp3) is 0.667. The molecule has 0 aromatic heterocycles. The molecule has 0 heteroatoms. The minimum Gasteiger partial charge on any atom is -0.0888 e. The van der Waals surface area contributed by atoms with Gasteiger partial charge in [-0.3, -0.25) is 0 Å². The molecule has 0 bridgehead atoms. The molecule has 0 radical (unpaired) electrons. The summed E-state index contributed by atoms with van der Waals surface area (Å²) in [6.45, 7) is 4.45. The summed E-state index contributed by atoms with van der Waals surface area (Å²) in [7, 11) is 0. The Morgan fingerprint density at radius 2 is 1.11 bits per heavy atom. The lowest BCUT2D eigenvalue weighted by atomic mass is 10.1. The molecule has 0 atom stereocenters. The maximum absolute atomic E-state index is 2.31. The van der Waals surface area contributed by atoms with E-state index in [2.05, 4.69) is 50.3 Å². The fourth-order valence-electron chi connectivity index (χ4n) is 1.85. The zero-order valence-corrected chi connectivity index (χ0v) is 12.5. The predicted molar refractivity (Wildman–Crippen MR) is 84.9 cm³/mol. The number of hydrogen-bond acceptors (Lipinski definition) is 0. The van der Waals surface area contributed by atoms with E-state index >= 15 is 0 Å². The number of rotatable bonds is 12. The SMILES string of the molecule is CC/C=C/CCCCC=CC=CCCCCCC. The van der Waals surface area contributed by atoms with Crippen LogP contribution in [-0.4, -0.2) is 0 Å². The first-order valence-electron chi connectivity index (χ1n) is 7.88. The summed E-state index contributed by atoms with van der Waals surface area (Å²) in [5.41, 5.74) is 0. The lowest BCUT2D eigenvalue weighted by Crippen LogP contribution is -1.73. The number of allylic oxidation sites excluding steroid dienone is 6. The van der Waals surface area contributed by atoms with E-state index in [1.165, 1.54) is 64.2 Å². The molecule has 0 N–H and O–H groups in total. The van der Waals surface area contributed by atoms with Crippen LogP contribution < -0.4 is 0 Å². The molecule has 0 heterocycles. The Hall–Kier alpha value is -0.780. The van der Waals surface area contributed by atoms with E-state index in [9.17, 15) is 0 Å². The second kappa shape index (κ2) is 16.2. The van der Waals surface area contributed by atoms with Crippen LogP contribution in [0.4, 0.5) is 0 Å². The molecule has 0 spiro atoms. The first-order chi connectivity index (χ1) is 8.91. The van der Waals surface area contributed by atoms with Gasteiger partial charge in [0.2, 0.25) is 0 Å². The fourth-order valence-corrected chi connectivity index (χ4v) is 1.85. The average Bonchev–Trinajstić information content (AvgIpc) is 2.39. The van der Waals surface area contributed by atoms with Crippen molar-refractivity contribution in [1.82, 2.24) is 0 Å². The Labute approximate surface area is 115 Å². The monoisotopic (exact) mass is 248 g/mol. The molecule has 18 heavy (non-hydrogen) atoms. The molecule has 0 fully saturated rings. The lowest BCUT2D eigenvalue weighted by molar-refractivity contribution is 0.674. The van der Waals surface area contributed by atoms with Crippen LogP contribution in [0, 0.1) is 0 Å². The van der Waals surface area contributed by atoms with Crippen molar-refractivity contribution in [3.05, 3.63) is 36.5 Å². The highest BCUT2D eigenvalue weighted by Crippen LogP contribution is 2.04. The molecule has 0 amide bonds. The molecule has 0 aliphatic heterocycles. The molecule has 0 saturated heterocycles. The lowest BCUT2D eigenvalue weighted by Gasteiger charge is -1.93. The van der Waals surface area contributed by atoms with Crippen LogP contribution in [-0.2, 0) is 0 Å². The van der Waals surface area contributed by atoms with E-state index in [4.69, 9.17) is 0 Å². The maximum Gasteiger partial charge on any atom is -0.0347 e. The van der Waals surface area contributed by atoms with Crippen LogP contribution in [0.1, 0.15) is 78.1 Å². The van der Waals surface area contributed by atoms with Crippen LogP contribution in [0.5, 0.6) is 0 Å². The second-order valence-electron chi connectivity index (χ2n) is 4.87. The summed E-state index contributed by atoms with van der Waals surface area (Å²) in [4.78, 5) is 0. The Morgan fingerprint density at radius 1 is 0.556 bits per heavy atom. The summed E-state index contributed by atoms with van der Waals surface area (Å²) in [6, 6.07) is 0. The summed E-state index contributed by atoms with van der Waals surface area (Å²) < 4.78 is 0. The molecule has 0 nitrogen and oxygen atoms in total. The van der Waals surface area contributed by atoms with Gasteiger partial charge in [-0.1, -0.05) is 69.6 Å². The van der Waals surface area contributed by atoms with E-state index in [0.717, 1.165) is 0 Å². The Bertz CT molecular complexity index is 220. The third-order valence-corrected chi connectivity index (χ3v) is 3.00. The molecule has 0 aliphatic rings. The van der Waals surface area contributed by atoms with Crippen molar-refractivity contribution in [3.8, 4) is 0 Å². The van der Waals surface area contributed by atoms with Gasteiger partial charge in [0.05, 0.1) is 0 Å². The molecular formula is C18H32. The average molecular weight is 248 g/mol. The highest BCUT2D eigenvalue weighted by atomic mass is 13.9. The molecule has 0 unspecified atom stereocenters. The van der Waals surface area contributed by atoms with Crippen molar-refractivity contribution >= 4 is 0 Å². The van der Waals surface area contributed by atoms with Crippen LogP contribution in [0.2, 0.25) is 0 Å². The van der Waals surface area contributed by atoms with Gasteiger partial charge in [-0.25, -0.2) is 0 Å². The normalized spacial score (nSPS) is 12.3. The van der Waals surface area contributed by atoms with Crippen LogP contribution in [0.15, 0.2) is 36.5 Å². The zero-order chi connectivity index (χ0) is 13.3. The Morgan fingerprint density at radius 3 is 1.67 bits per heavy atom. The van der Waals surface area contributed by atoms with Crippen LogP contribution in [0.25, 0.3) is 0 Å². The highest BCUT2D eigenvalue weighted by Gasteiger charge is 1.84. The van der Waals surface area contributed by atoms with E-state index in [0.29, 0.717) is 0 Å². The number of hydrogen-bond donors (Lipinski definition) is 0. The third kappa shape index (κ3) is 15.2. The molecular weight excluding hydrogens is 216 g/mol. The van der Waals surface area contributed by atoms with Crippen molar-refractivity contribution in [3.63, 3.8) is 0 Å². The molecule has 0 aliphatic carbocycles. The van der Waals surface area contributed by atoms with E-state index < -0.39 is 0 Å². The first-order valence-corrected chi connectivity index (χ1v) is 7.88. The quantitative estimate of drug-likeness (QED) is 0.207. The summed E-state index contributed by atoms with van der Waals surface area (Å²) in [5, 5.41) is 0. The van der Waals surface area contributed by atoms with E-state index in [1.807, 2.05) is 0 Å². The van der Waals surface area contributed by atoms with E-state index in [1.54, 1.807) is 0 Å². The summed E-state index contributed by atoms with van der Waals surface area (Å²) in [5.74, 6) is 0. The smallest absolute Gasteiger partial charge is 0.0347 e.